The van der Waals surface area contributed by atoms with Gasteiger partial charge in [-0.3, -0.25) is 0 Å². The van der Waals surface area contributed by atoms with Crippen LogP contribution in [-0.2, 0) is 66.5 Å². The van der Waals surface area contributed by atoms with Crippen LogP contribution in [0.15, 0.2) is 115 Å². The van der Waals surface area contributed by atoms with E-state index < -0.39 is 173 Å². The molecule has 0 radical (unpaired) electrons. The lowest BCUT2D eigenvalue weighted by Gasteiger charge is -2.50. The van der Waals surface area contributed by atoms with Crippen molar-refractivity contribution >= 4 is 42.1 Å². The van der Waals surface area contributed by atoms with Gasteiger partial charge in [-0.1, -0.05) is 48.5 Å². The molecule has 0 bridgehead atoms. The molecule has 0 saturated carbocycles. The molecule has 0 aliphatic carbocycles. The number of carbonyl (C=O) groups excluding carboxylic acids is 4. The van der Waals surface area contributed by atoms with Crippen LogP contribution in [0.2, 0.25) is 0 Å². The van der Waals surface area contributed by atoms with Crippen LogP contribution in [0.4, 0.5) is 0 Å². The zero-order valence-corrected chi connectivity index (χ0v) is 47.4. The Bertz CT molecular complexity index is 3090. The van der Waals surface area contributed by atoms with Crippen LogP contribution in [0.3, 0.4) is 0 Å². The molecule has 4 aromatic rings. The molecule has 4 saturated heterocycles. The number of methoxy groups -OCH3 is 2. The molecule has 29 heteroatoms. The summed E-state index contributed by atoms with van der Waals surface area (Å²) in [6.45, 7) is -5.33. The second-order valence-corrected chi connectivity index (χ2v) is 20.5. The third-order valence-electron chi connectivity index (χ3n) is 14.6. The molecule has 19 unspecified atom stereocenters. The maximum Gasteiger partial charge on any atom is 0.338 e. The van der Waals surface area contributed by atoms with Crippen molar-refractivity contribution in [2.24, 2.45) is 0 Å². The molecule has 12 N–H and O–H groups in total. The minimum absolute atomic E-state index is 0.0829. The molecule has 8 rings (SSSR count). The van der Waals surface area contributed by atoms with E-state index in [1.165, 1.54) is 99.2 Å². The summed E-state index contributed by atoms with van der Waals surface area (Å²) in [5.41, 5.74) is 1.07. The molecule has 4 aliphatic heterocycles. The number of hydrogen-bond donors (Lipinski definition) is 12. The minimum Gasteiger partial charge on any atom is -0.508 e. The molecular weight excluding hydrogens is 1180 g/mol. The van der Waals surface area contributed by atoms with Gasteiger partial charge in [0.1, 0.15) is 104 Å². The van der Waals surface area contributed by atoms with Gasteiger partial charge >= 0.3 is 23.9 Å². The standard InChI is InChI=1S/C60H68O29/c1-77-35-10-6-7-31(23-35)16-22-44(68)84-52-40(27-63)82-59(89-60(29-80-43(67)20-14-30-11-17-34(64)18-12-30)55(47(71)39(26-62)88-60)87-56(76)33-8-4-3-5-9-33)54(86-57-50(74)48(72)45(69)38(25-61)81-57)53(52)85-58-51(75)49(73)46(70)41(83-58)28-79-42(66)21-15-32-13-19-36(65)37(24-32)78-2/h3-24,38-41,45-55,57-59,61-65,69-75H,25-29H2,1-2H3. The van der Waals surface area contributed by atoms with Gasteiger partial charge in [0.2, 0.25) is 5.79 Å². The lowest BCUT2D eigenvalue weighted by molar-refractivity contribution is -0.421. The van der Waals surface area contributed by atoms with E-state index in [9.17, 15) is 80.5 Å². The van der Waals surface area contributed by atoms with Crippen molar-refractivity contribution in [3.63, 3.8) is 0 Å². The summed E-state index contributed by atoms with van der Waals surface area (Å²) in [5.74, 6) is -7.25. The van der Waals surface area contributed by atoms with E-state index >= 15 is 0 Å². The fourth-order valence-corrected chi connectivity index (χ4v) is 9.80. The largest absolute Gasteiger partial charge is 0.508 e. The number of phenols is 2. The highest BCUT2D eigenvalue weighted by molar-refractivity contribution is 5.90. The summed E-state index contributed by atoms with van der Waals surface area (Å²) in [6, 6.07) is 23.3. The second kappa shape index (κ2) is 30.8. The number of carbonyl (C=O) groups is 4. The first-order valence-corrected chi connectivity index (χ1v) is 27.6. The van der Waals surface area contributed by atoms with E-state index in [4.69, 9.17) is 61.6 Å². The Hall–Kier alpha value is -7.50. The zero-order valence-electron chi connectivity index (χ0n) is 47.4. The number of aliphatic hydroxyl groups excluding tert-OH is 10. The molecule has 4 fully saturated rings. The maximum absolute atomic E-state index is 14.1. The molecule has 89 heavy (non-hydrogen) atoms. The summed E-state index contributed by atoms with van der Waals surface area (Å²) >= 11 is 0. The number of rotatable bonds is 24. The van der Waals surface area contributed by atoms with Crippen molar-refractivity contribution in [1.29, 1.82) is 0 Å². The van der Waals surface area contributed by atoms with E-state index in [1.807, 2.05) is 0 Å². The lowest BCUT2D eigenvalue weighted by Crippen LogP contribution is -2.69. The minimum atomic E-state index is -2.91. The SMILES string of the molecule is COc1cccc(C=CC(=O)OC2C(CO)OC(OC3(COC(=O)C=Cc4ccc(O)cc4)OC(CO)C(O)C3OC(=O)c3ccccc3)C(OC3OC(CO)C(O)C(O)C3O)C2OC2OC(COC(=O)C=Cc3ccc(O)c(OC)c3)C(O)C(O)C2O)c1. The zero-order chi connectivity index (χ0) is 64.1. The number of aliphatic hydroxyl groups is 10. The van der Waals surface area contributed by atoms with Crippen molar-refractivity contribution in [3.8, 4) is 23.0 Å². The Balaban J connectivity index is 1.21. The van der Waals surface area contributed by atoms with Gasteiger partial charge in [-0.2, -0.15) is 0 Å². The van der Waals surface area contributed by atoms with Gasteiger partial charge < -0.3 is 123 Å². The molecule has 29 nitrogen and oxygen atoms in total. The fraction of sp³-hybridized carbons (Fsp3) is 0.433. The van der Waals surface area contributed by atoms with Crippen LogP contribution in [0, 0.1) is 0 Å². The van der Waals surface area contributed by atoms with E-state index in [0.29, 0.717) is 22.4 Å². The molecule has 482 valence electrons. The van der Waals surface area contributed by atoms with Crippen molar-refractivity contribution in [2.75, 3.05) is 47.3 Å². The third kappa shape index (κ3) is 16.5. The quantitative estimate of drug-likeness (QED) is 0.0212. The first kappa shape index (κ1) is 67.4. The summed E-state index contributed by atoms with van der Waals surface area (Å²) in [6.07, 6.45) is -31.4. The molecule has 19 atom stereocenters. The van der Waals surface area contributed by atoms with Crippen LogP contribution in [0.5, 0.6) is 23.0 Å². The van der Waals surface area contributed by atoms with Gasteiger partial charge in [0.15, 0.2) is 42.6 Å². The molecule has 4 heterocycles. The average molecular weight is 1250 g/mol. The first-order chi connectivity index (χ1) is 42.7. The predicted molar refractivity (Wildman–Crippen MR) is 298 cm³/mol. The lowest BCUT2D eigenvalue weighted by atomic mass is 9.95. The highest BCUT2D eigenvalue weighted by atomic mass is 16.8. The number of benzene rings is 4. The smallest absolute Gasteiger partial charge is 0.338 e. The van der Waals surface area contributed by atoms with Crippen LogP contribution in [0.25, 0.3) is 18.2 Å². The van der Waals surface area contributed by atoms with Gasteiger partial charge in [0.25, 0.3) is 0 Å². The normalized spacial score (nSPS) is 32.2. The van der Waals surface area contributed by atoms with Crippen molar-refractivity contribution in [2.45, 2.75) is 116 Å². The highest BCUT2D eigenvalue weighted by Crippen LogP contribution is 2.42. The van der Waals surface area contributed by atoms with Crippen molar-refractivity contribution < 1.29 is 142 Å². The Morgan fingerprint density at radius 3 is 1.73 bits per heavy atom. The second-order valence-electron chi connectivity index (χ2n) is 20.5. The Labute approximate surface area is 506 Å². The van der Waals surface area contributed by atoms with Gasteiger partial charge in [0, 0.05) is 18.2 Å². The van der Waals surface area contributed by atoms with Gasteiger partial charge in [0.05, 0.1) is 39.6 Å². The molecule has 0 aromatic heterocycles. The highest BCUT2D eigenvalue weighted by Gasteiger charge is 2.64. The Kier molecular flexibility index (Phi) is 23.3. The van der Waals surface area contributed by atoms with Gasteiger partial charge in [-0.15, -0.1) is 0 Å². The summed E-state index contributed by atoms with van der Waals surface area (Å²) in [5, 5.41) is 132. The number of ether oxygens (including phenoxy) is 13. The van der Waals surface area contributed by atoms with Crippen LogP contribution >= 0.6 is 0 Å². The van der Waals surface area contributed by atoms with Gasteiger partial charge in [-0.25, -0.2) is 19.2 Å². The fourth-order valence-electron chi connectivity index (χ4n) is 9.80. The third-order valence-corrected chi connectivity index (χ3v) is 14.6. The number of hydrogen-bond acceptors (Lipinski definition) is 29. The monoisotopic (exact) mass is 1250 g/mol. The molecule has 0 amide bonds. The van der Waals surface area contributed by atoms with E-state index in [2.05, 4.69) is 0 Å². The topological polar surface area (TPSA) is 431 Å². The van der Waals surface area contributed by atoms with E-state index in [1.54, 1.807) is 30.3 Å². The predicted octanol–water partition coefficient (Wildman–Crippen LogP) is -1.66. The van der Waals surface area contributed by atoms with Gasteiger partial charge in [-0.05, 0) is 83.4 Å². The number of aromatic hydroxyl groups is 2. The van der Waals surface area contributed by atoms with E-state index in [-0.39, 0.29) is 22.8 Å². The summed E-state index contributed by atoms with van der Waals surface area (Å²) < 4.78 is 76.7. The first-order valence-electron chi connectivity index (χ1n) is 27.6. The van der Waals surface area contributed by atoms with Crippen LogP contribution in [0.1, 0.15) is 27.0 Å². The molecule has 0 spiro atoms. The van der Waals surface area contributed by atoms with Crippen LogP contribution in [-0.4, -0.2) is 249 Å². The Morgan fingerprint density at radius 1 is 0.517 bits per heavy atom. The number of phenolic OH excluding ortho intramolecular Hbond substituents is 2. The van der Waals surface area contributed by atoms with Crippen molar-refractivity contribution in [1.82, 2.24) is 0 Å². The maximum atomic E-state index is 14.1. The van der Waals surface area contributed by atoms with Crippen LogP contribution < -0.4 is 9.47 Å². The Morgan fingerprint density at radius 2 is 1.09 bits per heavy atom. The van der Waals surface area contributed by atoms with E-state index in [0.717, 1.165) is 18.2 Å². The average Bonchev–Trinajstić information content (AvgIpc) is 1.87. The summed E-state index contributed by atoms with van der Waals surface area (Å²) in [7, 11) is 2.72. The molecule has 4 aromatic carbocycles. The van der Waals surface area contributed by atoms with Crippen molar-refractivity contribution in [3.05, 3.63) is 138 Å². The molecule has 4 aliphatic rings. The summed E-state index contributed by atoms with van der Waals surface area (Å²) in [4.78, 5) is 54.9. The number of esters is 4. The molecular formula is C60H68O29.